The molecule has 12 nitrogen and oxygen atoms in total. The van der Waals surface area contributed by atoms with Crippen molar-refractivity contribution in [2.45, 2.75) is 340 Å². The van der Waals surface area contributed by atoms with Crippen molar-refractivity contribution in [3.8, 4) is 0 Å². The number of carbonyl (C=O) groups is 4. The average molecular weight is 1090 g/mol. The van der Waals surface area contributed by atoms with Gasteiger partial charge in [0, 0.05) is 19.3 Å². The molecule has 0 spiro atoms. The topological polar surface area (TPSA) is 175 Å². The van der Waals surface area contributed by atoms with Crippen LogP contribution in [-0.2, 0) is 42.9 Å². The van der Waals surface area contributed by atoms with Crippen molar-refractivity contribution in [1.29, 1.82) is 0 Å². The van der Waals surface area contributed by atoms with Gasteiger partial charge in [0.1, 0.15) is 18.8 Å². The number of aliphatic carboxylic acids is 1. The number of allylic oxidation sites excluding steroid dienone is 6. The number of unbranched alkanes of at least 4 members (excludes halogenated alkanes) is 35. The lowest BCUT2D eigenvalue weighted by Gasteiger charge is -2.40. The van der Waals surface area contributed by atoms with Gasteiger partial charge in [-0.25, -0.2) is 4.79 Å². The van der Waals surface area contributed by atoms with Gasteiger partial charge in [-0.15, -0.1) is 0 Å². The first-order chi connectivity index (χ1) is 37.6. The summed E-state index contributed by atoms with van der Waals surface area (Å²) >= 11 is 0. The molecule has 0 aromatic carbocycles. The van der Waals surface area contributed by atoms with E-state index in [1.54, 1.807) is 0 Å². The van der Waals surface area contributed by atoms with E-state index < -0.39 is 67.3 Å². The van der Waals surface area contributed by atoms with E-state index >= 15 is 0 Å². The highest BCUT2D eigenvalue weighted by Gasteiger charge is 2.50. The van der Waals surface area contributed by atoms with Crippen molar-refractivity contribution >= 4 is 23.9 Å². The van der Waals surface area contributed by atoms with Gasteiger partial charge in [0.25, 0.3) is 0 Å². The van der Waals surface area contributed by atoms with Crippen LogP contribution in [-0.4, -0.2) is 89.2 Å². The van der Waals surface area contributed by atoms with Crippen LogP contribution in [0.5, 0.6) is 0 Å². The summed E-state index contributed by atoms with van der Waals surface area (Å²) in [6.07, 6.45) is 51.0. The van der Waals surface area contributed by atoms with Gasteiger partial charge in [0.15, 0.2) is 24.6 Å². The second kappa shape index (κ2) is 53.6. The zero-order valence-corrected chi connectivity index (χ0v) is 49.5. The van der Waals surface area contributed by atoms with E-state index in [1.165, 1.54) is 154 Å². The minimum atomic E-state index is -1.90. The fraction of sp³-hybridized carbons (Fsp3) is 0.846. The van der Waals surface area contributed by atoms with Crippen molar-refractivity contribution in [1.82, 2.24) is 0 Å². The van der Waals surface area contributed by atoms with Gasteiger partial charge in [-0.3, -0.25) is 14.4 Å². The van der Waals surface area contributed by atoms with Crippen LogP contribution in [0.15, 0.2) is 36.5 Å². The molecule has 0 aromatic heterocycles. The molecule has 1 saturated heterocycles. The molecule has 0 aliphatic carbocycles. The van der Waals surface area contributed by atoms with Crippen LogP contribution in [0, 0.1) is 0 Å². The zero-order chi connectivity index (χ0) is 56.1. The lowest BCUT2D eigenvalue weighted by Crippen LogP contribution is -2.61. The molecule has 1 aliphatic heterocycles. The molecular weight excluding hydrogens is 973 g/mol. The first-order valence-electron chi connectivity index (χ1n) is 32.0. The number of hydrogen-bond donors (Lipinski definition) is 3. The molecule has 1 heterocycles. The number of ether oxygens (including phenoxy) is 5. The summed E-state index contributed by atoms with van der Waals surface area (Å²) in [7, 11) is 0. The third-order valence-electron chi connectivity index (χ3n) is 14.7. The van der Waals surface area contributed by atoms with Crippen molar-refractivity contribution in [3.05, 3.63) is 36.5 Å². The van der Waals surface area contributed by atoms with Gasteiger partial charge in [0.05, 0.1) is 6.61 Å². The van der Waals surface area contributed by atoms with Gasteiger partial charge in [-0.2, -0.15) is 0 Å². The Bertz CT molecular complexity index is 1480. The summed E-state index contributed by atoms with van der Waals surface area (Å²) in [5.74, 6) is -3.10. The molecule has 0 saturated carbocycles. The van der Waals surface area contributed by atoms with E-state index in [4.69, 9.17) is 23.7 Å². The standard InChI is InChI=1S/C65H116O12/c1-4-7-10-13-16-19-22-25-27-28-29-30-32-34-36-39-42-45-48-51-57(66)73-54-56(75-58(67)52-49-46-43-40-38-35-31-26-23-20-17-14-11-8-5-2)55-74-65-63(61(70)60(69)62(77-65)64(71)72)76-59(68)53-50-47-44-41-37-33-24-21-18-15-12-9-6-3/h16,19,21,24-25,27,56,60-63,65,69-70H,4-15,17-18,20,22-23,26,28-55H2,1-3H3,(H,71,72)/b19-16-,24-21-,27-25-. The van der Waals surface area contributed by atoms with Crippen molar-refractivity contribution < 1.29 is 58.2 Å². The average Bonchev–Trinajstić information content (AvgIpc) is 3.42. The lowest BCUT2D eigenvalue weighted by molar-refractivity contribution is -0.301. The molecular formula is C65H116O12. The summed E-state index contributed by atoms with van der Waals surface area (Å²) < 4.78 is 28.5. The van der Waals surface area contributed by atoms with Gasteiger partial charge in [-0.05, 0) is 77.0 Å². The Kier molecular flexibility index (Phi) is 50.1. The molecule has 0 radical (unpaired) electrons. The van der Waals surface area contributed by atoms with Crippen molar-refractivity contribution in [2.24, 2.45) is 0 Å². The van der Waals surface area contributed by atoms with Crippen LogP contribution < -0.4 is 0 Å². The Morgan fingerprint density at radius 3 is 1.22 bits per heavy atom. The maximum absolute atomic E-state index is 13.2. The van der Waals surface area contributed by atoms with Gasteiger partial charge < -0.3 is 39.0 Å². The lowest BCUT2D eigenvalue weighted by atomic mass is 9.98. The van der Waals surface area contributed by atoms with E-state index in [9.17, 15) is 34.5 Å². The summed E-state index contributed by atoms with van der Waals surface area (Å²) in [6.45, 7) is 5.98. The Morgan fingerprint density at radius 2 is 0.779 bits per heavy atom. The SMILES string of the molecule is CCCCC/C=C\C/C=C\CCCCCCCCCCCC(=O)OCC(COC1OC(C(=O)O)C(O)C(O)C1OC(=O)CCCCCCC/C=C\CCCCCC)OC(=O)CCCCCCCCCCCCCCCCC. The van der Waals surface area contributed by atoms with Gasteiger partial charge in [-0.1, -0.05) is 243 Å². The number of carboxylic acid groups (broad SMARTS) is 1. The van der Waals surface area contributed by atoms with E-state index in [2.05, 4.69) is 57.2 Å². The highest BCUT2D eigenvalue weighted by Crippen LogP contribution is 2.27. The smallest absolute Gasteiger partial charge is 0.335 e. The summed E-state index contributed by atoms with van der Waals surface area (Å²) in [4.78, 5) is 51.2. The maximum Gasteiger partial charge on any atom is 0.335 e. The zero-order valence-electron chi connectivity index (χ0n) is 49.5. The minimum absolute atomic E-state index is 0.0534. The van der Waals surface area contributed by atoms with E-state index in [0.717, 1.165) is 89.9 Å². The Hall–Kier alpha value is -3.06. The van der Waals surface area contributed by atoms with Crippen LogP contribution >= 0.6 is 0 Å². The first-order valence-corrected chi connectivity index (χ1v) is 32.0. The van der Waals surface area contributed by atoms with Crippen LogP contribution in [0.25, 0.3) is 0 Å². The fourth-order valence-electron chi connectivity index (χ4n) is 9.75. The molecule has 1 aliphatic rings. The first kappa shape index (κ1) is 72.0. The predicted molar refractivity (Wildman–Crippen MR) is 313 cm³/mol. The predicted octanol–water partition coefficient (Wildman–Crippen LogP) is 16.8. The van der Waals surface area contributed by atoms with E-state index in [1.807, 2.05) is 0 Å². The summed E-state index contributed by atoms with van der Waals surface area (Å²) in [5, 5.41) is 31.5. The molecule has 12 heteroatoms. The number of aliphatic hydroxyl groups is 2. The minimum Gasteiger partial charge on any atom is -0.479 e. The molecule has 0 aromatic rings. The van der Waals surface area contributed by atoms with Crippen LogP contribution in [0.3, 0.4) is 0 Å². The Labute approximate surface area is 470 Å². The third-order valence-corrected chi connectivity index (χ3v) is 14.7. The second-order valence-corrected chi connectivity index (χ2v) is 22.0. The van der Waals surface area contributed by atoms with Gasteiger partial charge in [0.2, 0.25) is 0 Å². The van der Waals surface area contributed by atoms with Crippen LogP contribution in [0.1, 0.15) is 303 Å². The number of carboxylic acids is 1. The molecule has 6 atom stereocenters. The number of carbonyl (C=O) groups excluding carboxylic acids is 3. The van der Waals surface area contributed by atoms with Crippen LogP contribution in [0.4, 0.5) is 0 Å². The molecule has 1 fully saturated rings. The van der Waals surface area contributed by atoms with Crippen molar-refractivity contribution in [3.63, 3.8) is 0 Å². The Morgan fingerprint density at radius 1 is 0.429 bits per heavy atom. The largest absolute Gasteiger partial charge is 0.479 e. The molecule has 448 valence electrons. The van der Waals surface area contributed by atoms with Crippen molar-refractivity contribution in [2.75, 3.05) is 13.2 Å². The third kappa shape index (κ3) is 43.4. The summed E-state index contributed by atoms with van der Waals surface area (Å²) in [6, 6.07) is 0. The molecule has 3 N–H and O–H groups in total. The highest BCUT2D eigenvalue weighted by atomic mass is 16.7. The highest BCUT2D eigenvalue weighted by molar-refractivity contribution is 5.74. The number of aliphatic hydroxyl groups excluding tert-OH is 2. The fourth-order valence-corrected chi connectivity index (χ4v) is 9.75. The van der Waals surface area contributed by atoms with Crippen LogP contribution in [0.2, 0.25) is 0 Å². The molecule has 1 rings (SSSR count). The monoisotopic (exact) mass is 1090 g/mol. The van der Waals surface area contributed by atoms with E-state index in [0.29, 0.717) is 19.3 Å². The summed E-state index contributed by atoms with van der Waals surface area (Å²) in [5.41, 5.74) is 0. The molecule has 6 unspecified atom stereocenters. The molecule has 77 heavy (non-hydrogen) atoms. The number of esters is 3. The number of hydrogen-bond acceptors (Lipinski definition) is 11. The van der Waals surface area contributed by atoms with E-state index in [-0.39, 0.29) is 25.9 Å². The Balaban J connectivity index is 2.65. The number of rotatable bonds is 55. The normalized spacial score (nSPS) is 18.2. The molecule has 0 amide bonds. The maximum atomic E-state index is 13.2. The quantitative estimate of drug-likeness (QED) is 0.0228. The second-order valence-electron chi connectivity index (χ2n) is 22.0. The molecule has 0 bridgehead atoms. The van der Waals surface area contributed by atoms with Gasteiger partial charge >= 0.3 is 23.9 Å².